The third-order valence-corrected chi connectivity index (χ3v) is 5.55. The number of piperazine rings is 1. The normalized spacial score (nSPS) is 29.1. The Hall–Kier alpha value is -2.45. The molecule has 26 heavy (non-hydrogen) atoms. The molecule has 0 aromatic heterocycles. The number of benzene rings is 1. The Balaban J connectivity index is 2.53. The van der Waals surface area contributed by atoms with Gasteiger partial charge in [0.05, 0.1) is 5.54 Å². The SMILES string of the molecule is CC(C)(C)[N@+]1(C(=O)[O-])CC[N+](Cc2ccccc2)(C(=O)[O-])C(C(=O)O)C1. The lowest BCUT2D eigenvalue weighted by Gasteiger charge is -2.56. The first kappa shape index (κ1) is 19.9. The smallest absolute Gasteiger partial charge is 0.369 e. The lowest BCUT2D eigenvalue weighted by atomic mass is 9.95. The zero-order valence-corrected chi connectivity index (χ0v) is 15.2. The van der Waals surface area contributed by atoms with Crippen molar-refractivity contribution in [3.05, 3.63) is 35.9 Å². The minimum atomic E-state index is -1.52. The average molecular weight is 364 g/mol. The molecule has 0 aliphatic carbocycles. The van der Waals surface area contributed by atoms with Gasteiger partial charge in [0.15, 0.2) is 0 Å². The van der Waals surface area contributed by atoms with Gasteiger partial charge < -0.3 is 24.9 Å². The van der Waals surface area contributed by atoms with Crippen molar-refractivity contribution in [2.45, 2.75) is 38.9 Å². The summed E-state index contributed by atoms with van der Waals surface area (Å²) in [6.45, 7) is 4.32. The zero-order valence-electron chi connectivity index (χ0n) is 15.2. The first-order chi connectivity index (χ1) is 12.0. The molecule has 2 amide bonds. The van der Waals surface area contributed by atoms with Crippen molar-refractivity contribution in [3.8, 4) is 0 Å². The van der Waals surface area contributed by atoms with E-state index in [1.54, 1.807) is 51.1 Å². The molecule has 0 spiro atoms. The Morgan fingerprint density at radius 1 is 1.08 bits per heavy atom. The largest absolute Gasteiger partial charge is 0.498 e. The van der Waals surface area contributed by atoms with Crippen LogP contribution in [0.4, 0.5) is 9.59 Å². The fourth-order valence-corrected chi connectivity index (χ4v) is 3.77. The van der Waals surface area contributed by atoms with Gasteiger partial charge in [-0.25, -0.2) is 9.28 Å². The van der Waals surface area contributed by atoms with Crippen molar-refractivity contribution in [2.75, 3.05) is 19.6 Å². The van der Waals surface area contributed by atoms with Crippen LogP contribution < -0.4 is 10.2 Å². The molecule has 2 unspecified atom stereocenters. The summed E-state index contributed by atoms with van der Waals surface area (Å²) in [6, 6.07) is 7.19. The third-order valence-electron chi connectivity index (χ3n) is 5.55. The number of carboxylic acid groups (broad SMARTS) is 3. The Morgan fingerprint density at radius 2 is 1.65 bits per heavy atom. The lowest BCUT2D eigenvalue weighted by molar-refractivity contribution is -1.02. The molecule has 1 aromatic carbocycles. The van der Waals surface area contributed by atoms with Gasteiger partial charge in [-0.15, -0.1) is 0 Å². The quantitative estimate of drug-likeness (QED) is 0.741. The Bertz CT molecular complexity index is 714. The highest BCUT2D eigenvalue weighted by molar-refractivity contribution is 5.75. The fraction of sp³-hybridized carbons (Fsp3) is 0.500. The summed E-state index contributed by atoms with van der Waals surface area (Å²) in [7, 11) is 0. The summed E-state index contributed by atoms with van der Waals surface area (Å²) in [5.41, 5.74) is -0.200. The predicted molar refractivity (Wildman–Crippen MR) is 87.2 cm³/mol. The van der Waals surface area contributed by atoms with E-state index in [-0.39, 0.29) is 26.2 Å². The van der Waals surface area contributed by atoms with Crippen LogP contribution in [0.2, 0.25) is 0 Å². The van der Waals surface area contributed by atoms with Gasteiger partial charge in [-0.3, -0.25) is 4.48 Å². The van der Waals surface area contributed by atoms with Crippen molar-refractivity contribution in [1.82, 2.24) is 0 Å². The highest BCUT2D eigenvalue weighted by atomic mass is 16.4. The number of quaternary nitrogens is 2. The molecule has 1 aromatic rings. The average Bonchev–Trinajstić information content (AvgIpc) is 2.54. The Kier molecular flexibility index (Phi) is 5.12. The second kappa shape index (κ2) is 6.69. The molecule has 0 radical (unpaired) electrons. The molecule has 8 nitrogen and oxygen atoms in total. The van der Waals surface area contributed by atoms with Crippen LogP contribution in [-0.4, -0.2) is 63.4 Å². The van der Waals surface area contributed by atoms with E-state index < -0.39 is 38.7 Å². The van der Waals surface area contributed by atoms with Gasteiger partial charge in [0.1, 0.15) is 26.2 Å². The van der Waals surface area contributed by atoms with E-state index >= 15 is 0 Å². The van der Waals surface area contributed by atoms with Crippen molar-refractivity contribution in [1.29, 1.82) is 0 Å². The number of nitrogens with zero attached hydrogens (tertiary/aromatic N) is 2. The topological polar surface area (TPSA) is 118 Å². The van der Waals surface area contributed by atoms with Gasteiger partial charge in [-0.1, -0.05) is 30.3 Å². The van der Waals surface area contributed by atoms with Crippen LogP contribution >= 0.6 is 0 Å². The number of carbonyl (C=O) groups is 3. The molecule has 1 aliphatic rings. The lowest BCUT2D eigenvalue weighted by Crippen LogP contribution is -2.82. The van der Waals surface area contributed by atoms with Gasteiger partial charge in [0.2, 0.25) is 6.04 Å². The van der Waals surface area contributed by atoms with Crippen molar-refractivity contribution in [2.24, 2.45) is 0 Å². The summed E-state index contributed by atoms with van der Waals surface area (Å²) in [4.78, 5) is 36.0. The maximum absolute atomic E-state index is 12.1. The number of carbonyl (C=O) groups excluding carboxylic acids is 2. The molecule has 1 N–H and O–H groups in total. The molecule has 3 atom stereocenters. The maximum Gasteiger partial charge on any atom is 0.369 e. The van der Waals surface area contributed by atoms with Crippen LogP contribution in [0, 0.1) is 0 Å². The molecule has 0 bridgehead atoms. The molecule has 142 valence electrons. The molecule has 2 rings (SSSR count). The maximum atomic E-state index is 12.1. The number of amides is 2. The Morgan fingerprint density at radius 3 is 2.08 bits per heavy atom. The highest BCUT2D eigenvalue weighted by Gasteiger charge is 2.59. The van der Waals surface area contributed by atoms with E-state index in [9.17, 15) is 29.7 Å². The van der Waals surface area contributed by atoms with Crippen LogP contribution in [0.15, 0.2) is 30.3 Å². The van der Waals surface area contributed by atoms with Crippen LogP contribution in [0.3, 0.4) is 0 Å². The first-order valence-corrected chi connectivity index (χ1v) is 8.40. The molecule has 8 heteroatoms. The van der Waals surface area contributed by atoms with Gasteiger partial charge in [-0.05, 0) is 20.8 Å². The summed E-state index contributed by atoms with van der Waals surface area (Å²) in [5.74, 6) is -1.36. The van der Waals surface area contributed by atoms with E-state index in [0.29, 0.717) is 5.56 Å². The van der Waals surface area contributed by atoms with Crippen LogP contribution in [-0.2, 0) is 11.3 Å². The van der Waals surface area contributed by atoms with Crippen molar-refractivity contribution < 1.29 is 38.7 Å². The number of carboxylic acids is 1. The van der Waals surface area contributed by atoms with Crippen molar-refractivity contribution in [3.63, 3.8) is 0 Å². The third kappa shape index (κ3) is 3.17. The standard InChI is InChI=1S/C18H24N2O6/c1-18(2,3)20(17(25)26)10-9-19(16(23)24,14(12-20)15(21)22)11-13-7-5-4-6-8-13/h4-8,14H,9-12H2,1-3H3,(H-2,21,22,23,24,25,26)/t14?,19?,20-/m1/s1. The number of rotatable bonds is 3. The molecule has 1 aliphatic heterocycles. The Labute approximate surface area is 152 Å². The summed E-state index contributed by atoms with van der Waals surface area (Å²) < 4.78 is -1.46. The summed E-state index contributed by atoms with van der Waals surface area (Å²) in [6.07, 6.45) is -2.93. The number of hydrogen-bond acceptors (Lipinski definition) is 5. The monoisotopic (exact) mass is 364 g/mol. The molecular formula is C18H24N2O6. The van der Waals surface area contributed by atoms with E-state index in [0.717, 1.165) is 0 Å². The first-order valence-electron chi connectivity index (χ1n) is 8.40. The highest BCUT2D eigenvalue weighted by Crippen LogP contribution is 2.34. The predicted octanol–water partition coefficient (Wildman–Crippen LogP) is -0.228. The fourth-order valence-electron chi connectivity index (χ4n) is 3.77. The minimum absolute atomic E-state index is 0.0591. The van der Waals surface area contributed by atoms with Crippen molar-refractivity contribution >= 4 is 18.2 Å². The van der Waals surface area contributed by atoms with Crippen LogP contribution in [0.25, 0.3) is 0 Å². The van der Waals surface area contributed by atoms with Gasteiger partial charge >= 0.3 is 5.97 Å². The summed E-state index contributed by atoms with van der Waals surface area (Å²) >= 11 is 0. The summed E-state index contributed by atoms with van der Waals surface area (Å²) in [5, 5.41) is 33.7. The van der Waals surface area contributed by atoms with Crippen LogP contribution in [0.5, 0.6) is 0 Å². The van der Waals surface area contributed by atoms with E-state index in [1.807, 2.05) is 0 Å². The molecular weight excluding hydrogens is 340 g/mol. The van der Waals surface area contributed by atoms with Gasteiger partial charge in [-0.2, -0.15) is 0 Å². The van der Waals surface area contributed by atoms with Gasteiger partial charge in [0.25, 0.3) is 12.2 Å². The van der Waals surface area contributed by atoms with Crippen LogP contribution in [0.1, 0.15) is 26.3 Å². The van der Waals surface area contributed by atoms with E-state index in [2.05, 4.69) is 0 Å². The molecule has 1 saturated heterocycles. The van der Waals surface area contributed by atoms with E-state index in [1.165, 1.54) is 0 Å². The molecule has 1 fully saturated rings. The molecule has 1 heterocycles. The molecule has 0 saturated carbocycles. The minimum Gasteiger partial charge on any atom is -0.498 e. The number of aliphatic carboxylic acids is 1. The second-order valence-electron chi connectivity index (χ2n) is 7.83. The van der Waals surface area contributed by atoms with E-state index in [4.69, 9.17) is 0 Å². The number of hydrogen-bond donors (Lipinski definition) is 1. The zero-order chi connectivity index (χ0) is 19.8. The van der Waals surface area contributed by atoms with Gasteiger partial charge in [0, 0.05) is 5.56 Å². The second-order valence-corrected chi connectivity index (χ2v) is 7.83.